The van der Waals surface area contributed by atoms with Gasteiger partial charge in [0.05, 0.1) is 17.1 Å². The Hall–Kier alpha value is -1.23. The van der Waals surface area contributed by atoms with E-state index in [0.29, 0.717) is 17.4 Å². The summed E-state index contributed by atoms with van der Waals surface area (Å²) in [5, 5.41) is 2.68. The van der Waals surface area contributed by atoms with E-state index in [1.54, 1.807) is 11.8 Å². The molecule has 0 saturated carbocycles. The highest BCUT2D eigenvalue weighted by atomic mass is 32.2. The molecule has 0 spiro atoms. The van der Waals surface area contributed by atoms with Crippen LogP contribution in [0.5, 0.6) is 0 Å². The second kappa shape index (κ2) is 7.26. The lowest BCUT2D eigenvalue weighted by molar-refractivity contribution is -0.113. The molecule has 1 rings (SSSR count). The molecule has 1 aromatic rings. The number of carbonyl (C=O) groups excluding carboxylic acids is 1. The van der Waals surface area contributed by atoms with Gasteiger partial charge in [0.2, 0.25) is 5.91 Å². The number of anilines is 2. The van der Waals surface area contributed by atoms with Gasteiger partial charge in [0.15, 0.2) is 0 Å². The minimum atomic E-state index is -0.406. The van der Waals surface area contributed by atoms with E-state index >= 15 is 0 Å². The van der Waals surface area contributed by atoms with E-state index < -0.39 is 5.82 Å². The number of nitrogens with one attached hydrogen (secondary N) is 1. The van der Waals surface area contributed by atoms with E-state index in [1.807, 2.05) is 0 Å². The molecule has 0 aliphatic rings. The molecule has 0 aliphatic heterocycles. The van der Waals surface area contributed by atoms with Crippen molar-refractivity contribution in [1.82, 2.24) is 0 Å². The van der Waals surface area contributed by atoms with Gasteiger partial charge in [-0.1, -0.05) is 20.3 Å². The number of hydrogen-bond donors (Lipinski definition) is 2. The van der Waals surface area contributed by atoms with Crippen molar-refractivity contribution in [2.24, 2.45) is 5.92 Å². The molecular formula is C13H19FN2OS. The van der Waals surface area contributed by atoms with E-state index in [2.05, 4.69) is 19.2 Å². The minimum Gasteiger partial charge on any atom is -0.397 e. The van der Waals surface area contributed by atoms with Gasteiger partial charge in [0.1, 0.15) is 5.82 Å². The summed E-state index contributed by atoms with van der Waals surface area (Å²) in [5.41, 5.74) is 6.32. The molecule has 3 nitrogen and oxygen atoms in total. The van der Waals surface area contributed by atoms with E-state index in [1.165, 1.54) is 18.2 Å². The number of thioether (sulfide) groups is 1. The Balaban J connectivity index is 2.40. The van der Waals surface area contributed by atoms with Crippen molar-refractivity contribution >= 4 is 29.0 Å². The van der Waals surface area contributed by atoms with Crippen LogP contribution in [0.4, 0.5) is 15.8 Å². The molecular weight excluding hydrogens is 251 g/mol. The van der Waals surface area contributed by atoms with Crippen molar-refractivity contribution in [1.29, 1.82) is 0 Å². The molecule has 3 N–H and O–H groups in total. The molecule has 5 heteroatoms. The molecule has 100 valence electrons. The summed E-state index contributed by atoms with van der Waals surface area (Å²) in [6.45, 7) is 4.29. The van der Waals surface area contributed by atoms with Gasteiger partial charge >= 0.3 is 0 Å². The van der Waals surface area contributed by atoms with E-state index in [0.717, 1.165) is 12.2 Å². The number of amides is 1. The molecule has 1 atom stereocenters. The Bertz CT molecular complexity index is 412. The van der Waals surface area contributed by atoms with Crippen LogP contribution in [0.3, 0.4) is 0 Å². The lowest BCUT2D eigenvalue weighted by atomic mass is 10.2. The summed E-state index contributed by atoms with van der Waals surface area (Å²) in [6, 6.07) is 3.95. The van der Waals surface area contributed by atoms with Crippen LogP contribution in [0.25, 0.3) is 0 Å². The van der Waals surface area contributed by atoms with Gasteiger partial charge in [-0.25, -0.2) is 4.39 Å². The third kappa shape index (κ3) is 4.96. The number of nitrogens with two attached hydrogens (primary N) is 1. The Kier molecular flexibility index (Phi) is 5.98. The largest absolute Gasteiger partial charge is 0.397 e. The van der Waals surface area contributed by atoms with E-state index in [-0.39, 0.29) is 11.6 Å². The fourth-order valence-electron chi connectivity index (χ4n) is 1.30. The zero-order valence-electron chi connectivity index (χ0n) is 10.7. The first kappa shape index (κ1) is 14.8. The summed E-state index contributed by atoms with van der Waals surface area (Å²) in [5.74, 6) is 1.45. The average Bonchev–Trinajstić information content (AvgIpc) is 2.32. The molecule has 0 heterocycles. The Labute approximate surface area is 111 Å². The third-order valence-corrected chi connectivity index (χ3v) is 3.89. The molecule has 0 fully saturated rings. The number of benzene rings is 1. The van der Waals surface area contributed by atoms with Crippen LogP contribution in [0, 0.1) is 11.7 Å². The monoisotopic (exact) mass is 270 g/mol. The van der Waals surface area contributed by atoms with Crippen molar-refractivity contribution in [3.05, 3.63) is 24.0 Å². The molecule has 0 aliphatic carbocycles. The highest BCUT2D eigenvalue weighted by Gasteiger charge is 2.07. The van der Waals surface area contributed by atoms with E-state index in [4.69, 9.17) is 5.73 Å². The highest BCUT2D eigenvalue weighted by molar-refractivity contribution is 7.99. The first-order valence-electron chi connectivity index (χ1n) is 5.95. The molecule has 0 radical (unpaired) electrons. The molecule has 0 aromatic heterocycles. The predicted molar refractivity (Wildman–Crippen MR) is 76.2 cm³/mol. The maximum Gasteiger partial charge on any atom is 0.234 e. The van der Waals surface area contributed by atoms with Crippen molar-refractivity contribution in [2.75, 3.05) is 22.6 Å². The summed E-state index contributed by atoms with van der Waals surface area (Å²) in [4.78, 5) is 11.6. The first-order valence-corrected chi connectivity index (χ1v) is 7.11. The number of carbonyl (C=O) groups is 1. The number of rotatable bonds is 6. The van der Waals surface area contributed by atoms with E-state index in [9.17, 15) is 9.18 Å². The minimum absolute atomic E-state index is 0.110. The molecule has 18 heavy (non-hydrogen) atoms. The van der Waals surface area contributed by atoms with Gasteiger partial charge in [-0.15, -0.1) is 0 Å². The highest BCUT2D eigenvalue weighted by Crippen LogP contribution is 2.19. The number of hydrogen-bond acceptors (Lipinski definition) is 3. The summed E-state index contributed by atoms with van der Waals surface area (Å²) >= 11 is 1.60. The lowest BCUT2D eigenvalue weighted by Crippen LogP contribution is -2.16. The summed E-state index contributed by atoms with van der Waals surface area (Å²) in [7, 11) is 0. The molecule has 0 saturated heterocycles. The van der Waals surface area contributed by atoms with Crippen LogP contribution in [0.2, 0.25) is 0 Å². The van der Waals surface area contributed by atoms with Crippen LogP contribution < -0.4 is 11.1 Å². The van der Waals surface area contributed by atoms with Crippen molar-refractivity contribution in [3.8, 4) is 0 Å². The fraction of sp³-hybridized carbons (Fsp3) is 0.462. The molecule has 1 aromatic carbocycles. The van der Waals surface area contributed by atoms with Crippen LogP contribution in [-0.2, 0) is 4.79 Å². The fourth-order valence-corrected chi connectivity index (χ4v) is 2.32. The van der Waals surface area contributed by atoms with Crippen LogP contribution in [-0.4, -0.2) is 17.4 Å². The number of nitrogen functional groups attached to an aromatic ring is 1. The van der Waals surface area contributed by atoms with Gasteiger partial charge in [0, 0.05) is 0 Å². The normalized spacial score (nSPS) is 12.2. The number of halogens is 1. The molecule has 1 amide bonds. The van der Waals surface area contributed by atoms with Crippen molar-refractivity contribution in [3.63, 3.8) is 0 Å². The molecule has 0 bridgehead atoms. The maximum atomic E-state index is 12.8. The summed E-state index contributed by atoms with van der Waals surface area (Å²) in [6.07, 6.45) is 1.11. The maximum absolute atomic E-state index is 12.8. The average molecular weight is 270 g/mol. The lowest BCUT2D eigenvalue weighted by Gasteiger charge is -2.09. The Morgan fingerprint density at radius 2 is 2.28 bits per heavy atom. The summed E-state index contributed by atoms with van der Waals surface area (Å²) < 4.78 is 12.8. The molecule has 1 unspecified atom stereocenters. The van der Waals surface area contributed by atoms with Gasteiger partial charge in [-0.05, 0) is 29.9 Å². The van der Waals surface area contributed by atoms with Gasteiger partial charge < -0.3 is 11.1 Å². The zero-order chi connectivity index (χ0) is 13.5. The quantitative estimate of drug-likeness (QED) is 0.781. The van der Waals surface area contributed by atoms with Gasteiger partial charge in [-0.2, -0.15) is 11.8 Å². The van der Waals surface area contributed by atoms with Gasteiger partial charge in [-0.3, -0.25) is 4.79 Å². The zero-order valence-corrected chi connectivity index (χ0v) is 11.5. The topological polar surface area (TPSA) is 55.1 Å². The van der Waals surface area contributed by atoms with Crippen molar-refractivity contribution in [2.45, 2.75) is 20.3 Å². The second-order valence-corrected chi connectivity index (χ2v) is 5.34. The Morgan fingerprint density at radius 1 is 1.56 bits per heavy atom. The Morgan fingerprint density at radius 3 is 2.89 bits per heavy atom. The van der Waals surface area contributed by atoms with Gasteiger partial charge in [0.25, 0.3) is 0 Å². The standard InChI is InChI=1S/C13H19FN2OS/c1-3-9(2)7-18-8-13(17)16-12-5-4-10(14)6-11(12)15/h4-6,9H,3,7-8,15H2,1-2H3,(H,16,17). The predicted octanol–water partition coefficient (Wildman–Crippen LogP) is 3.13. The first-order chi connectivity index (χ1) is 8.52. The van der Waals surface area contributed by atoms with Crippen LogP contribution >= 0.6 is 11.8 Å². The van der Waals surface area contributed by atoms with Crippen LogP contribution in [0.15, 0.2) is 18.2 Å². The van der Waals surface area contributed by atoms with Crippen LogP contribution in [0.1, 0.15) is 20.3 Å². The SMILES string of the molecule is CCC(C)CSCC(=O)Nc1ccc(F)cc1N. The third-order valence-electron chi connectivity index (χ3n) is 2.62. The smallest absolute Gasteiger partial charge is 0.234 e. The van der Waals surface area contributed by atoms with Crippen molar-refractivity contribution < 1.29 is 9.18 Å². The second-order valence-electron chi connectivity index (χ2n) is 4.31.